The van der Waals surface area contributed by atoms with Gasteiger partial charge in [-0.25, -0.2) is 0 Å². The number of carbonyl (C=O) groups is 3. The number of methoxy groups -OCH3 is 1. The van der Waals surface area contributed by atoms with Crippen molar-refractivity contribution in [1.82, 2.24) is 9.80 Å². The lowest BCUT2D eigenvalue weighted by Crippen LogP contribution is -2.53. The third kappa shape index (κ3) is 5.09. The molecule has 3 aliphatic rings. The molecule has 1 aliphatic carbocycles. The number of fused-ring (bicyclic) bond motifs is 1. The number of ether oxygens (including phenoxy) is 1. The Labute approximate surface area is 218 Å². The van der Waals surface area contributed by atoms with Crippen molar-refractivity contribution in [2.45, 2.75) is 63.8 Å². The highest BCUT2D eigenvalue weighted by Gasteiger charge is 2.54. The van der Waals surface area contributed by atoms with Crippen molar-refractivity contribution in [1.29, 1.82) is 0 Å². The summed E-state index contributed by atoms with van der Waals surface area (Å²) in [6, 6.07) is 14.1. The Balaban J connectivity index is 1.35. The molecule has 5 rings (SSSR count). The Morgan fingerprint density at radius 1 is 1.08 bits per heavy atom. The lowest BCUT2D eigenvalue weighted by molar-refractivity contribution is -0.160. The van der Waals surface area contributed by atoms with Crippen LogP contribution in [-0.4, -0.2) is 47.8 Å². The van der Waals surface area contributed by atoms with Crippen molar-refractivity contribution in [3.8, 4) is 0 Å². The Morgan fingerprint density at radius 3 is 2.57 bits per heavy atom. The molecule has 37 heavy (non-hydrogen) atoms. The summed E-state index contributed by atoms with van der Waals surface area (Å²) < 4.78 is 10.9. The molecule has 2 amide bonds. The van der Waals surface area contributed by atoms with Crippen LogP contribution >= 0.6 is 0 Å². The average molecular weight is 505 g/mol. The van der Waals surface area contributed by atoms with Crippen LogP contribution in [0.15, 0.2) is 64.9 Å². The summed E-state index contributed by atoms with van der Waals surface area (Å²) in [5.41, 5.74) is 1.11. The lowest BCUT2D eigenvalue weighted by Gasteiger charge is -2.46. The summed E-state index contributed by atoms with van der Waals surface area (Å²) in [4.78, 5) is 44.2. The molecule has 7 heteroatoms. The van der Waals surface area contributed by atoms with E-state index < -0.39 is 11.3 Å². The number of piperidine rings is 2. The number of allylic oxidation sites excluding steroid dienone is 1. The lowest BCUT2D eigenvalue weighted by atomic mass is 9.69. The Morgan fingerprint density at radius 2 is 1.86 bits per heavy atom. The fourth-order valence-electron chi connectivity index (χ4n) is 6.45. The van der Waals surface area contributed by atoms with Crippen LogP contribution in [0.5, 0.6) is 0 Å². The van der Waals surface area contributed by atoms with E-state index >= 15 is 0 Å². The van der Waals surface area contributed by atoms with E-state index in [9.17, 15) is 14.4 Å². The average Bonchev–Trinajstić information content (AvgIpc) is 3.36. The Hall–Kier alpha value is -3.35. The third-order valence-corrected chi connectivity index (χ3v) is 8.40. The van der Waals surface area contributed by atoms with Crippen LogP contribution in [0.3, 0.4) is 0 Å². The van der Waals surface area contributed by atoms with Crippen molar-refractivity contribution >= 4 is 17.8 Å². The van der Waals surface area contributed by atoms with E-state index in [1.54, 1.807) is 17.2 Å². The predicted octanol–water partition coefficient (Wildman–Crippen LogP) is 5.04. The number of hydrogen-bond acceptors (Lipinski definition) is 5. The molecule has 0 radical (unpaired) electrons. The minimum absolute atomic E-state index is 0.0103. The molecule has 1 aromatic heterocycles. The molecule has 0 saturated carbocycles. The summed E-state index contributed by atoms with van der Waals surface area (Å²) >= 11 is 0. The molecule has 2 aliphatic heterocycles. The number of carbonyl (C=O) groups excluding carboxylic acids is 3. The highest BCUT2D eigenvalue weighted by atomic mass is 16.5. The maximum atomic E-state index is 13.8. The van der Waals surface area contributed by atoms with Crippen LogP contribution in [0.2, 0.25) is 0 Å². The second-order valence-corrected chi connectivity index (χ2v) is 10.6. The molecule has 0 N–H and O–H groups in total. The van der Waals surface area contributed by atoms with E-state index in [0.717, 1.165) is 32.1 Å². The first-order valence-corrected chi connectivity index (χ1v) is 13.5. The Bertz CT molecular complexity index is 1130. The summed E-state index contributed by atoms with van der Waals surface area (Å²) in [5, 5.41) is 0. The van der Waals surface area contributed by atoms with Crippen LogP contribution in [0, 0.1) is 11.3 Å². The van der Waals surface area contributed by atoms with E-state index in [-0.39, 0.29) is 30.7 Å². The smallest absolute Gasteiger partial charge is 0.317 e. The molecule has 2 fully saturated rings. The molecular weight excluding hydrogens is 468 g/mol. The van der Waals surface area contributed by atoms with Gasteiger partial charge in [0, 0.05) is 31.1 Å². The van der Waals surface area contributed by atoms with E-state index in [1.165, 1.54) is 12.7 Å². The maximum absolute atomic E-state index is 13.8. The second kappa shape index (κ2) is 11.0. The number of rotatable bonds is 6. The number of esters is 1. The maximum Gasteiger partial charge on any atom is 0.317 e. The van der Waals surface area contributed by atoms with Gasteiger partial charge in [0.2, 0.25) is 11.8 Å². The largest absolute Gasteiger partial charge is 0.468 e. The quantitative estimate of drug-likeness (QED) is 0.515. The number of amides is 2. The zero-order chi connectivity index (χ0) is 25.8. The van der Waals surface area contributed by atoms with Crippen molar-refractivity contribution in [3.05, 3.63) is 71.8 Å². The first-order chi connectivity index (χ1) is 18.0. The molecule has 2 aromatic rings. The standard InChI is InChI=1S/C30H36N2O5/c1-36-29(35)30-15-7-3-6-12-26(30)32(21-25-11-8-18-37-25)28(34)24(20-30)19-27(33)31-16-13-23(14-17-31)22-9-4-2-5-10-22/h2,4-5,8-12,18,23-24H,3,6-7,13-17,19-21H2,1H3/t24-,30+/m1/s1. The summed E-state index contributed by atoms with van der Waals surface area (Å²) in [5.74, 6) is 0.0710. The van der Waals surface area contributed by atoms with Gasteiger partial charge in [-0.05, 0) is 62.1 Å². The van der Waals surface area contributed by atoms with Crippen LogP contribution < -0.4 is 0 Å². The molecule has 196 valence electrons. The van der Waals surface area contributed by atoms with Crippen molar-refractivity contribution < 1.29 is 23.5 Å². The fraction of sp³-hybridized carbons (Fsp3) is 0.500. The number of likely N-dealkylation sites (tertiary alicyclic amines) is 2. The molecule has 7 nitrogen and oxygen atoms in total. The zero-order valence-corrected chi connectivity index (χ0v) is 21.6. The van der Waals surface area contributed by atoms with Crippen LogP contribution in [0.1, 0.15) is 68.6 Å². The fourth-order valence-corrected chi connectivity index (χ4v) is 6.45. The van der Waals surface area contributed by atoms with Gasteiger partial charge in [-0.1, -0.05) is 42.8 Å². The molecule has 2 atom stereocenters. The predicted molar refractivity (Wildman–Crippen MR) is 138 cm³/mol. The van der Waals surface area contributed by atoms with Gasteiger partial charge in [0.05, 0.1) is 19.9 Å². The first-order valence-electron chi connectivity index (χ1n) is 13.5. The first kappa shape index (κ1) is 25.3. The van der Waals surface area contributed by atoms with Crippen LogP contribution in [0.4, 0.5) is 0 Å². The van der Waals surface area contributed by atoms with Gasteiger partial charge in [0.25, 0.3) is 0 Å². The van der Waals surface area contributed by atoms with Crippen molar-refractivity contribution in [3.63, 3.8) is 0 Å². The molecule has 0 spiro atoms. The summed E-state index contributed by atoms with van der Waals surface area (Å²) in [7, 11) is 1.41. The number of nitrogens with zero attached hydrogens (tertiary/aromatic N) is 2. The third-order valence-electron chi connectivity index (χ3n) is 8.40. The van der Waals surface area contributed by atoms with Crippen molar-refractivity contribution in [2.75, 3.05) is 20.2 Å². The normalized spacial score (nSPS) is 24.7. The van der Waals surface area contributed by atoms with E-state index in [0.29, 0.717) is 43.3 Å². The van der Waals surface area contributed by atoms with E-state index in [2.05, 4.69) is 24.3 Å². The molecule has 2 saturated heterocycles. The number of furan rings is 1. The van der Waals surface area contributed by atoms with Gasteiger partial charge in [-0.2, -0.15) is 0 Å². The minimum Gasteiger partial charge on any atom is -0.468 e. The van der Waals surface area contributed by atoms with Gasteiger partial charge >= 0.3 is 5.97 Å². The molecule has 3 heterocycles. The molecule has 1 aromatic carbocycles. The van der Waals surface area contributed by atoms with Gasteiger partial charge in [0.1, 0.15) is 11.2 Å². The zero-order valence-electron chi connectivity index (χ0n) is 21.6. The van der Waals surface area contributed by atoms with Gasteiger partial charge in [0.15, 0.2) is 0 Å². The molecular formula is C30H36N2O5. The minimum atomic E-state index is -0.920. The van der Waals surface area contributed by atoms with E-state index in [1.807, 2.05) is 23.1 Å². The SMILES string of the molecule is COC(=O)[C@]12CCCCC=C1N(Cc1ccco1)C(=O)[C@H](CC(=O)N1CCC(c3ccccc3)CC1)C2. The van der Waals surface area contributed by atoms with Gasteiger partial charge in [-0.3, -0.25) is 14.4 Å². The topological polar surface area (TPSA) is 80.1 Å². The summed E-state index contributed by atoms with van der Waals surface area (Å²) in [6.45, 7) is 1.61. The van der Waals surface area contributed by atoms with Gasteiger partial charge in [-0.15, -0.1) is 0 Å². The number of benzene rings is 1. The highest BCUT2D eigenvalue weighted by molar-refractivity contribution is 5.92. The summed E-state index contributed by atoms with van der Waals surface area (Å²) in [6.07, 6.45) is 9.08. The van der Waals surface area contributed by atoms with Crippen LogP contribution in [-0.2, 0) is 25.7 Å². The van der Waals surface area contributed by atoms with Gasteiger partial charge < -0.3 is 19.0 Å². The monoisotopic (exact) mass is 504 g/mol. The molecule has 0 unspecified atom stereocenters. The Kier molecular flexibility index (Phi) is 7.49. The highest BCUT2D eigenvalue weighted by Crippen LogP contribution is 2.50. The van der Waals surface area contributed by atoms with Crippen LogP contribution in [0.25, 0.3) is 0 Å². The second-order valence-electron chi connectivity index (χ2n) is 10.6. The van der Waals surface area contributed by atoms with E-state index in [4.69, 9.17) is 9.15 Å². The molecule has 0 bridgehead atoms. The van der Waals surface area contributed by atoms with Crippen molar-refractivity contribution in [2.24, 2.45) is 11.3 Å². The number of hydrogen-bond donors (Lipinski definition) is 0.